The second-order valence-electron chi connectivity index (χ2n) is 5.99. The van der Waals surface area contributed by atoms with E-state index < -0.39 is 17.2 Å². The van der Waals surface area contributed by atoms with Crippen LogP contribution in [0, 0.1) is 18.3 Å². The molecule has 0 fully saturated rings. The van der Waals surface area contributed by atoms with Crippen LogP contribution in [-0.2, 0) is 17.6 Å². The number of amides is 1. The van der Waals surface area contributed by atoms with Gasteiger partial charge in [-0.2, -0.15) is 5.26 Å². The summed E-state index contributed by atoms with van der Waals surface area (Å²) in [6, 6.07) is 11.7. The summed E-state index contributed by atoms with van der Waals surface area (Å²) < 4.78 is 4.84. The van der Waals surface area contributed by atoms with Gasteiger partial charge in [0.25, 0.3) is 5.91 Å². The molecule has 1 aromatic carbocycles. The lowest BCUT2D eigenvalue weighted by Gasteiger charge is -2.06. The van der Waals surface area contributed by atoms with E-state index in [1.54, 1.807) is 25.4 Å². The molecule has 0 bridgehead atoms. The Morgan fingerprint density at radius 3 is 2.43 bits per heavy atom. The Morgan fingerprint density at radius 1 is 1.14 bits per heavy atom. The normalized spacial score (nSPS) is 11.4. The summed E-state index contributed by atoms with van der Waals surface area (Å²) in [5, 5.41) is 25.3. The topological polar surface area (TPSA) is 125 Å². The maximum atomic E-state index is 12.3. The number of nitriles is 1. The quantitative estimate of drug-likeness (QED) is 0.385. The number of nitrogens with one attached hydrogen (secondary N) is 1. The monoisotopic (exact) mass is 375 g/mol. The largest absolute Gasteiger partial charge is 0.506 e. The highest BCUT2D eigenvalue weighted by atomic mass is 16.5. The molecule has 0 aliphatic rings. The van der Waals surface area contributed by atoms with E-state index in [1.165, 1.54) is 11.8 Å². The van der Waals surface area contributed by atoms with Crippen molar-refractivity contribution >= 4 is 17.6 Å². The van der Waals surface area contributed by atoms with E-state index in [0.717, 1.165) is 18.4 Å². The van der Waals surface area contributed by atoms with Crippen LogP contribution in [0.15, 0.2) is 59.0 Å². The van der Waals surface area contributed by atoms with E-state index in [1.807, 2.05) is 18.2 Å². The van der Waals surface area contributed by atoms with Crippen LogP contribution in [0.1, 0.15) is 22.5 Å². The van der Waals surface area contributed by atoms with Crippen molar-refractivity contribution in [3.63, 3.8) is 0 Å². The fourth-order valence-corrected chi connectivity index (χ4v) is 2.52. The zero-order valence-electron chi connectivity index (χ0n) is 15.1. The van der Waals surface area contributed by atoms with E-state index in [-0.39, 0.29) is 17.3 Å². The summed E-state index contributed by atoms with van der Waals surface area (Å²) in [5.41, 5.74) is 1.82. The minimum Gasteiger partial charge on any atom is -0.506 e. The van der Waals surface area contributed by atoms with Crippen LogP contribution in [0.4, 0.5) is 5.95 Å². The molecule has 1 amide bonds. The third kappa shape index (κ3) is 4.40. The first-order valence-electron chi connectivity index (χ1n) is 8.49. The van der Waals surface area contributed by atoms with Crippen molar-refractivity contribution in [2.75, 3.05) is 5.32 Å². The Kier molecular flexibility index (Phi) is 5.77. The summed E-state index contributed by atoms with van der Waals surface area (Å²) in [7, 11) is 0. The fourth-order valence-electron chi connectivity index (χ4n) is 2.52. The molecular formula is C20H17N5O3. The molecule has 0 aliphatic carbocycles. The number of benzene rings is 1. The van der Waals surface area contributed by atoms with Gasteiger partial charge in [0, 0.05) is 12.4 Å². The van der Waals surface area contributed by atoms with Gasteiger partial charge >= 0.3 is 0 Å². The molecule has 2 heterocycles. The number of aliphatic hydroxyl groups is 1. The highest BCUT2D eigenvalue weighted by Gasteiger charge is 2.20. The van der Waals surface area contributed by atoms with Crippen LogP contribution in [0.3, 0.4) is 0 Å². The van der Waals surface area contributed by atoms with Gasteiger partial charge in [-0.05, 0) is 30.9 Å². The number of carbonyl (C=O) groups excluding carboxylic acids is 1. The molecule has 0 aliphatic heterocycles. The van der Waals surface area contributed by atoms with Gasteiger partial charge in [-0.1, -0.05) is 35.5 Å². The molecule has 8 heteroatoms. The van der Waals surface area contributed by atoms with Crippen LogP contribution in [-0.4, -0.2) is 26.1 Å². The van der Waals surface area contributed by atoms with E-state index >= 15 is 0 Å². The van der Waals surface area contributed by atoms with E-state index in [9.17, 15) is 15.2 Å². The Bertz CT molecular complexity index is 1030. The minimum absolute atomic E-state index is 0.0380. The Morgan fingerprint density at radius 2 is 1.82 bits per heavy atom. The highest BCUT2D eigenvalue weighted by molar-refractivity contribution is 6.10. The number of hydrogen-bond acceptors (Lipinski definition) is 7. The second-order valence-corrected chi connectivity index (χ2v) is 5.99. The maximum absolute atomic E-state index is 12.3. The summed E-state index contributed by atoms with van der Waals surface area (Å²) in [5.74, 6) is -1.01. The molecule has 140 valence electrons. The van der Waals surface area contributed by atoms with E-state index in [0.29, 0.717) is 0 Å². The third-order valence-electron chi connectivity index (χ3n) is 4.06. The molecule has 0 saturated carbocycles. The van der Waals surface area contributed by atoms with Gasteiger partial charge in [0.15, 0.2) is 11.3 Å². The fraction of sp³-hybridized carbons (Fsp3) is 0.150. The summed E-state index contributed by atoms with van der Waals surface area (Å²) in [6.45, 7) is 1.56. The number of rotatable bonds is 6. The molecule has 2 N–H and O–H groups in total. The lowest BCUT2D eigenvalue weighted by atomic mass is 10.1. The SMILES string of the molecule is Cc1oncc1/C(O)=C(\C#N)C(=O)Nc1ncc(CCc2ccccc2)cn1. The van der Waals surface area contributed by atoms with Crippen molar-refractivity contribution in [3.8, 4) is 6.07 Å². The van der Waals surface area contributed by atoms with Crippen LogP contribution < -0.4 is 5.32 Å². The van der Waals surface area contributed by atoms with Gasteiger partial charge in [0.05, 0.1) is 11.8 Å². The first-order valence-corrected chi connectivity index (χ1v) is 8.49. The van der Waals surface area contributed by atoms with Crippen molar-refractivity contribution in [1.29, 1.82) is 5.26 Å². The smallest absolute Gasteiger partial charge is 0.272 e. The molecule has 0 spiro atoms. The standard InChI is InChI=1S/C20H17N5O3/c1-13-17(12-24-28-13)18(26)16(9-21)19(27)25-20-22-10-15(11-23-20)8-7-14-5-3-2-4-6-14/h2-6,10-12,26H,7-8H2,1H3,(H,22,23,25,27)/b18-16-. The molecule has 2 aromatic heterocycles. The zero-order valence-corrected chi connectivity index (χ0v) is 15.1. The first-order chi connectivity index (χ1) is 13.6. The van der Waals surface area contributed by atoms with Crippen LogP contribution in [0.2, 0.25) is 0 Å². The molecule has 0 radical (unpaired) electrons. The van der Waals surface area contributed by atoms with Crippen LogP contribution >= 0.6 is 0 Å². The van der Waals surface area contributed by atoms with Gasteiger partial charge in [-0.15, -0.1) is 0 Å². The number of nitrogens with zero attached hydrogens (tertiary/aromatic N) is 4. The molecule has 0 unspecified atom stereocenters. The predicted octanol–water partition coefficient (Wildman–Crippen LogP) is 2.99. The molecule has 28 heavy (non-hydrogen) atoms. The zero-order chi connectivity index (χ0) is 19.9. The Labute approximate surface area is 161 Å². The van der Waals surface area contributed by atoms with Crippen molar-refractivity contribution in [2.45, 2.75) is 19.8 Å². The Hall–Kier alpha value is -3.99. The first kappa shape index (κ1) is 18.8. The van der Waals surface area contributed by atoms with Crippen molar-refractivity contribution < 1.29 is 14.4 Å². The minimum atomic E-state index is -0.822. The van der Waals surface area contributed by atoms with Crippen LogP contribution in [0.25, 0.3) is 5.76 Å². The lowest BCUT2D eigenvalue weighted by Crippen LogP contribution is -2.17. The van der Waals surface area contributed by atoms with Gasteiger partial charge in [-0.3, -0.25) is 10.1 Å². The number of hydrogen-bond donors (Lipinski definition) is 2. The van der Waals surface area contributed by atoms with Gasteiger partial charge in [0.1, 0.15) is 11.8 Å². The van der Waals surface area contributed by atoms with Crippen LogP contribution in [0.5, 0.6) is 0 Å². The number of carbonyl (C=O) groups is 1. The molecular weight excluding hydrogens is 358 g/mol. The third-order valence-corrected chi connectivity index (χ3v) is 4.06. The predicted molar refractivity (Wildman–Crippen MR) is 101 cm³/mol. The average molecular weight is 375 g/mol. The molecule has 3 aromatic rings. The molecule has 0 atom stereocenters. The lowest BCUT2D eigenvalue weighted by molar-refractivity contribution is -0.112. The molecule has 3 rings (SSSR count). The number of aromatic nitrogens is 3. The number of aryl methyl sites for hydroxylation is 3. The molecule has 8 nitrogen and oxygen atoms in total. The van der Waals surface area contributed by atoms with Gasteiger partial charge < -0.3 is 9.63 Å². The summed E-state index contributed by atoms with van der Waals surface area (Å²) in [4.78, 5) is 20.5. The summed E-state index contributed by atoms with van der Waals surface area (Å²) in [6.07, 6.45) is 6.07. The van der Waals surface area contributed by atoms with Crippen molar-refractivity contribution in [1.82, 2.24) is 15.1 Å². The maximum Gasteiger partial charge on any atom is 0.272 e. The van der Waals surface area contributed by atoms with E-state index in [4.69, 9.17) is 4.52 Å². The van der Waals surface area contributed by atoms with Gasteiger partial charge in [0.2, 0.25) is 5.95 Å². The summed E-state index contributed by atoms with van der Waals surface area (Å²) >= 11 is 0. The highest BCUT2D eigenvalue weighted by Crippen LogP contribution is 2.20. The number of anilines is 1. The second kappa shape index (κ2) is 8.60. The van der Waals surface area contributed by atoms with Crippen molar-refractivity contribution in [2.24, 2.45) is 0 Å². The molecule has 0 saturated heterocycles. The number of aliphatic hydroxyl groups excluding tert-OH is 1. The average Bonchev–Trinajstić information content (AvgIpc) is 3.14. The Balaban J connectivity index is 1.67. The van der Waals surface area contributed by atoms with E-state index in [2.05, 4.69) is 32.6 Å². The van der Waals surface area contributed by atoms with Crippen molar-refractivity contribution in [3.05, 3.63) is 76.9 Å². The van der Waals surface area contributed by atoms with Gasteiger partial charge in [-0.25, -0.2) is 9.97 Å².